The lowest BCUT2D eigenvalue weighted by Crippen LogP contribution is -2.39. The Morgan fingerprint density at radius 2 is 1.97 bits per heavy atom. The van der Waals surface area contributed by atoms with Gasteiger partial charge < -0.3 is 20.9 Å². The van der Waals surface area contributed by atoms with Crippen molar-refractivity contribution in [1.29, 1.82) is 5.26 Å². The molecule has 1 aliphatic rings. The summed E-state index contributed by atoms with van der Waals surface area (Å²) in [6.45, 7) is 1.80. The maximum Gasteiger partial charge on any atom is 0.270 e. The first-order valence-corrected chi connectivity index (χ1v) is 9.44. The molecule has 0 atom stereocenters. The van der Waals surface area contributed by atoms with Gasteiger partial charge >= 0.3 is 0 Å². The summed E-state index contributed by atoms with van der Waals surface area (Å²) in [6.07, 6.45) is 4.00. The highest BCUT2D eigenvalue weighted by Crippen LogP contribution is 2.21. The summed E-state index contributed by atoms with van der Waals surface area (Å²) in [4.78, 5) is 40.4. The Labute approximate surface area is 167 Å². The third-order valence-corrected chi connectivity index (χ3v) is 5.09. The minimum atomic E-state index is -0.597. The second-order valence-electron chi connectivity index (χ2n) is 6.96. The highest BCUT2D eigenvalue weighted by Gasteiger charge is 2.25. The van der Waals surface area contributed by atoms with Gasteiger partial charge in [0.15, 0.2) is 0 Å². The van der Waals surface area contributed by atoms with Gasteiger partial charge in [-0.05, 0) is 43.4 Å². The van der Waals surface area contributed by atoms with E-state index in [4.69, 9.17) is 11.0 Å². The van der Waals surface area contributed by atoms with Gasteiger partial charge in [-0.2, -0.15) is 10.4 Å². The maximum absolute atomic E-state index is 12.5. The first-order valence-electron chi connectivity index (χ1n) is 9.44. The van der Waals surface area contributed by atoms with Crippen molar-refractivity contribution in [3.8, 4) is 6.07 Å². The number of aromatic nitrogens is 3. The zero-order chi connectivity index (χ0) is 20.8. The van der Waals surface area contributed by atoms with E-state index in [1.165, 1.54) is 16.9 Å². The quantitative estimate of drug-likeness (QED) is 0.622. The Morgan fingerprint density at radius 3 is 2.62 bits per heavy atom. The topological polar surface area (TPSA) is 150 Å². The van der Waals surface area contributed by atoms with Crippen molar-refractivity contribution < 1.29 is 14.4 Å². The SMILES string of the molecule is N#CCn1nccc1C(=O)NCCC1CCN(C(=O)c2ccc(C(N)=O)[nH]2)CC1. The summed E-state index contributed by atoms with van der Waals surface area (Å²) in [5.74, 6) is -0.578. The minimum absolute atomic E-state index is 0.0317. The van der Waals surface area contributed by atoms with E-state index in [0.717, 1.165) is 19.3 Å². The number of amides is 3. The van der Waals surface area contributed by atoms with Crippen LogP contribution in [0.4, 0.5) is 0 Å². The first-order chi connectivity index (χ1) is 14.0. The van der Waals surface area contributed by atoms with E-state index in [-0.39, 0.29) is 24.1 Å². The monoisotopic (exact) mass is 397 g/mol. The molecule has 0 aromatic carbocycles. The van der Waals surface area contributed by atoms with E-state index in [1.807, 2.05) is 6.07 Å². The molecule has 1 saturated heterocycles. The highest BCUT2D eigenvalue weighted by atomic mass is 16.2. The normalized spacial score (nSPS) is 14.4. The zero-order valence-electron chi connectivity index (χ0n) is 15.9. The average molecular weight is 397 g/mol. The smallest absolute Gasteiger partial charge is 0.270 e. The number of nitrogens with one attached hydrogen (secondary N) is 2. The lowest BCUT2D eigenvalue weighted by atomic mass is 9.93. The van der Waals surface area contributed by atoms with Gasteiger partial charge in [0.1, 0.15) is 23.6 Å². The number of hydrogen-bond donors (Lipinski definition) is 3. The molecule has 2 aromatic rings. The molecule has 1 fully saturated rings. The largest absolute Gasteiger partial charge is 0.364 e. The van der Waals surface area contributed by atoms with Gasteiger partial charge in [0.05, 0.1) is 6.07 Å². The molecule has 0 unspecified atom stereocenters. The molecule has 0 bridgehead atoms. The summed E-state index contributed by atoms with van der Waals surface area (Å²) >= 11 is 0. The fraction of sp³-hybridized carbons (Fsp3) is 0.421. The highest BCUT2D eigenvalue weighted by molar-refractivity contribution is 5.96. The van der Waals surface area contributed by atoms with Crippen LogP contribution in [0.1, 0.15) is 50.7 Å². The van der Waals surface area contributed by atoms with Gasteiger partial charge in [0, 0.05) is 25.8 Å². The number of nitrogens with zero attached hydrogens (tertiary/aromatic N) is 4. The molecule has 3 amide bonds. The molecule has 10 nitrogen and oxygen atoms in total. The third kappa shape index (κ3) is 4.82. The van der Waals surface area contributed by atoms with Gasteiger partial charge in [0.2, 0.25) is 0 Å². The van der Waals surface area contributed by atoms with Gasteiger partial charge in [-0.1, -0.05) is 0 Å². The first kappa shape index (κ1) is 20.1. The van der Waals surface area contributed by atoms with Crippen LogP contribution < -0.4 is 11.1 Å². The van der Waals surface area contributed by atoms with Crippen molar-refractivity contribution in [3.63, 3.8) is 0 Å². The van der Waals surface area contributed by atoms with Crippen LogP contribution in [-0.2, 0) is 6.54 Å². The van der Waals surface area contributed by atoms with Gasteiger partial charge in [-0.3, -0.25) is 14.4 Å². The standard InChI is InChI=1S/C19H23N7O3/c20-7-12-26-16(4-9-23-26)18(28)22-8-3-13-5-10-25(11-6-13)19(29)15-2-1-14(24-15)17(21)27/h1-2,4,9,13,24H,3,5-6,8,10-12H2,(H2,21,27)(H,22,28). The maximum atomic E-state index is 12.5. The number of H-pyrrole nitrogens is 1. The predicted molar refractivity (Wildman–Crippen MR) is 103 cm³/mol. The van der Waals surface area contributed by atoms with Crippen molar-refractivity contribution in [2.45, 2.75) is 25.8 Å². The molecule has 0 saturated carbocycles. The predicted octanol–water partition coefficient (Wildman–Crippen LogP) is 0.506. The molecule has 3 rings (SSSR count). The summed E-state index contributed by atoms with van der Waals surface area (Å²) in [7, 11) is 0. The van der Waals surface area contributed by atoms with Crippen LogP contribution in [0, 0.1) is 17.2 Å². The fourth-order valence-electron chi connectivity index (χ4n) is 3.46. The van der Waals surface area contributed by atoms with Gasteiger partial charge in [0.25, 0.3) is 17.7 Å². The van der Waals surface area contributed by atoms with Crippen molar-refractivity contribution in [1.82, 2.24) is 25.0 Å². The number of nitrogens with two attached hydrogens (primary N) is 1. The molecule has 0 radical (unpaired) electrons. The van der Waals surface area contributed by atoms with Gasteiger partial charge in [-0.25, -0.2) is 4.68 Å². The Bertz CT molecular complexity index is 932. The fourth-order valence-corrected chi connectivity index (χ4v) is 3.46. The molecule has 0 spiro atoms. The van der Waals surface area contributed by atoms with Crippen LogP contribution >= 0.6 is 0 Å². The van der Waals surface area contributed by atoms with Crippen LogP contribution in [0.15, 0.2) is 24.4 Å². The van der Waals surface area contributed by atoms with E-state index in [1.54, 1.807) is 17.0 Å². The van der Waals surface area contributed by atoms with Crippen LogP contribution in [0.5, 0.6) is 0 Å². The molecular weight excluding hydrogens is 374 g/mol. The molecule has 2 aromatic heterocycles. The Kier molecular flexibility index (Phi) is 6.29. The summed E-state index contributed by atoms with van der Waals surface area (Å²) in [5, 5.41) is 15.6. The Morgan fingerprint density at radius 1 is 1.24 bits per heavy atom. The molecule has 1 aliphatic heterocycles. The Hall–Kier alpha value is -3.61. The van der Waals surface area contributed by atoms with Crippen LogP contribution in [0.3, 0.4) is 0 Å². The number of piperidine rings is 1. The van der Waals surface area contributed by atoms with E-state index < -0.39 is 5.91 Å². The van der Waals surface area contributed by atoms with Crippen molar-refractivity contribution in [2.75, 3.05) is 19.6 Å². The van der Waals surface area contributed by atoms with E-state index >= 15 is 0 Å². The molecule has 152 valence electrons. The van der Waals surface area contributed by atoms with E-state index in [0.29, 0.717) is 36.9 Å². The number of carbonyl (C=O) groups is 3. The van der Waals surface area contributed by atoms with Gasteiger partial charge in [-0.15, -0.1) is 0 Å². The number of primary amides is 1. The zero-order valence-corrected chi connectivity index (χ0v) is 15.9. The summed E-state index contributed by atoms with van der Waals surface area (Å²) in [5.41, 5.74) is 6.15. The van der Waals surface area contributed by atoms with Crippen molar-refractivity contribution >= 4 is 17.7 Å². The minimum Gasteiger partial charge on any atom is -0.364 e. The number of hydrogen-bond acceptors (Lipinski definition) is 5. The molecule has 4 N–H and O–H groups in total. The molecule has 0 aliphatic carbocycles. The second kappa shape index (κ2) is 9.05. The molecular formula is C19H23N7O3. The van der Waals surface area contributed by atoms with E-state index in [9.17, 15) is 14.4 Å². The molecule has 10 heteroatoms. The number of rotatable bonds is 7. The van der Waals surface area contributed by atoms with Crippen LogP contribution in [0.25, 0.3) is 0 Å². The Balaban J connectivity index is 1.42. The average Bonchev–Trinajstić information content (AvgIpc) is 3.38. The van der Waals surface area contributed by atoms with Crippen molar-refractivity contribution in [2.24, 2.45) is 11.7 Å². The lowest BCUT2D eigenvalue weighted by Gasteiger charge is -2.31. The number of likely N-dealkylation sites (tertiary alicyclic amines) is 1. The summed E-state index contributed by atoms with van der Waals surface area (Å²) < 4.78 is 1.36. The molecule has 29 heavy (non-hydrogen) atoms. The van der Waals surface area contributed by atoms with E-state index in [2.05, 4.69) is 15.4 Å². The van der Waals surface area contributed by atoms with Crippen LogP contribution in [0.2, 0.25) is 0 Å². The van der Waals surface area contributed by atoms with Crippen molar-refractivity contribution in [3.05, 3.63) is 41.5 Å². The lowest BCUT2D eigenvalue weighted by molar-refractivity contribution is 0.0681. The summed E-state index contributed by atoms with van der Waals surface area (Å²) in [6, 6.07) is 6.63. The third-order valence-electron chi connectivity index (χ3n) is 5.09. The van der Waals surface area contributed by atoms with Crippen LogP contribution in [-0.4, -0.2) is 57.0 Å². The molecule has 3 heterocycles. The number of nitriles is 1. The second-order valence-corrected chi connectivity index (χ2v) is 6.96. The number of carbonyl (C=O) groups excluding carboxylic acids is 3. The number of aromatic amines is 1.